The molecule has 0 N–H and O–H groups in total. The van der Waals surface area contributed by atoms with E-state index in [4.69, 9.17) is 4.74 Å². The van der Waals surface area contributed by atoms with Crippen LogP contribution in [0.1, 0.15) is 41.7 Å². The molecule has 1 aliphatic rings. The summed E-state index contributed by atoms with van der Waals surface area (Å²) in [7, 11) is 1.69. The molecular formula is C22H24N2O4. The zero-order valence-electron chi connectivity index (χ0n) is 16.1. The highest BCUT2D eigenvalue weighted by Gasteiger charge is 2.27. The zero-order chi connectivity index (χ0) is 20.1. The van der Waals surface area contributed by atoms with Gasteiger partial charge in [-0.05, 0) is 31.0 Å². The first-order valence-electron chi connectivity index (χ1n) is 9.36. The minimum atomic E-state index is -0.607. The molecule has 0 unspecified atom stereocenters. The molecular weight excluding hydrogens is 356 g/mol. The molecule has 0 radical (unpaired) electrons. The van der Waals surface area contributed by atoms with E-state index in [1.54, 1.807) is 41.1 Å². The second-order valence-corrected chi connectivity index (χ2v) is 6.83. The van der Waals surface area contributed by atoms with Crippen molar-refractivity contribution in [3.63, 3.8) is 0 Å². The van der Waals surface area contributed by atoms with E-state index in [0.717, 1.165) is 12.0 Å². The molecule has 1 heterocycles. The molecule has 0 saturated carbocycles. The van der Waals surface area contributed by atoms with E-state index in [-0.39, 0.29) is 24.5 Å². The molecule has 28 heavy (non-hydrogen) atoms. The lowest BCUT2D eigenvalue weighted by Gasteiger charge is -2.25. The predicted molar refractivity (Wildman–Crippen MR) is 106 cm³/mol. The minimum Gasteiger partial charge on any atom is -0.452 e. The highest BCUT2D eigenvalue weighted by atomic mass is 16.5. The Morgan fingerprint density at radius 1 is 1.11 bits per heavy atom. The van der Waals surface area contributed by atoms with Gasteiger partial charge in [0.15, 0.2) is 6.61 Å². The molecule has 0 spiro atoms. The van der Waals surface area contributed by atoms with Crippen molar-refractivity contribution < 1.29 is 19.1 Å². The van der Waals surface area contributed by atoms with Crippen molar-refractivity contribution in [1.29, 1.82) is 0 Å². The molecule has 2 aromatic rings. The maximum absolute atomic E-state index is 12.6. The van der Waals surface area contributed by atoms with Crippen LogP contribution in [0.4, 0.5) is 5.69 Å². The second kappa shape index (κ2) is 8.69. The summed E-state index contributed by atoms with van der Waals surface area (Å²) in [6, 6.07) is 16.3. The number of ether oxygens (including phenoxy) is 1. The molecule has 146 valence electrons. The molecule has 0 aliphatic carbocycles. The van der Waals surface area contributed by atoms with Gasteiger partial charge in [0.25, 0.3) is 5.91 Å². The fourth-order valence-corrected chi connectivity index (χ4v) is 3.26. The number of hydrogen-bond donors (Lipinski definition) is 0. The molecule has 6 nitrogen and oxygen atoms in total. The van der Waals surface area contributed by atoms with Gasteiger partial charge in [-0.25, -0.2) is 4.79 Å². The molecule has 2 amide bonds. The maximum Gasteiger partial charge on any atom is 0.340 e. The van der Waals surface area contributed by atoms with Crippen LogP contribution in [0, 0.1) is 0 Å². The summed E-state index contributed by atoms with van der Waals surface area (Å²) in [5, 5.41) is 0. The summed E-state index contributed by atoms with van der Waals surface area (Å²) in [6.07, 6.45) is 1.24. The summed E-state index contributed by atoms with van der Waals surface area (Å²) < 4.78 is 5.26. The van der Waals surface area contributed by atoms with Gasteiger partial charge in [0.05, 0.1) is 17.3 Å². The lowest BCUT2D eigenvalue weighted by molar-refractivity contribution is -0.135. The third-order valence-electron chi connectivity index (χ3n) is 5.07. The largest absolute Gasteiger partial charge is 0.452 e. The van der Waals surface area contributed by atoms with Crippen LogP contribution in [-0.2, 0) is 14.3 Å². The summed E-state index contributed by atoms with van der Waals surface area (Å²) in [5.74, 6) is -0.906. The Morgan fingerprint density at radius 3 is 2.46 bits per heavy atom. The van der Waals surface area contributed by atoms with Gasteiger partial charge in [-0.1, -0.05) is 42.5 Å². The quantitative estimate of drug-likeness (QED) is 0.722. The van der Waals surface area contributed by atoms with Gasteiger partial charge in [0.1, 0.15) is 0 Å². The van der Waals surface area contributed by atoms with E-state index in [9.17, 15) is 14.4 Å². The molecule has 3 rings (SSSR count). The summed E-state index contributed by atoms with van der Waals surface area (Å²) in [6.45, 7) is 2.15. The zero-order valence-corrected chi connectivity index (χ0v) is 16.1. The van der Waals surface area contributed by atoms with E-state index in [1.807, 2.05) is 37.3 Å². The van der Waals surface area contributed by atoms with Gasteiger partial charge in [-0.15, -0.1) is 0 Å². The van der Waals surface area contributed by atoms with Gasteiger partial charge >= 0.3 is 5.97 Å². The molecule has 1 aliphatic heterocycles. The number of nitrogens with zero attached hydrogens (tertiary/aromatic N) is 2. The van der Waals surface area contributed by atoms with Crippen molar-refractivity contribution in [3.05, 3.63) is 65.7 Å². The normalized spacial score (nSPS) is 14.6. The van der Waals surface area contributed by atoms with E-state index in [0.29, 0.717) is 24.2 Å². The number of benzene rings is 2. The van der Waals surface area contributed by atoms with Gasteiger partial charge in [0, 0.05) is 20.0 Å². The van der Waals surface area contributed by atoms with Crippen LogP contribution in [0.2, 0.25) is 0 Å². The van der Waals surface area contributed by atoms with Crippen molar-refractivity contribution in [2.45, 2.75) is 25.8 Å². The van der Waals surface area contributed by atoms with Crippen molar-refractivity contribution >= 4 is 23.5 Å². The van der Waals surface area contributed by atoms with Crippen LogP contribution in [0.5, 0.6) is 0 Å². The highest BCUT2D eigenvalue weighted by molar-refractivity contribution is 6.03. The van der Waals surface area contributed by atoms with Crippen LogP contribution in [0.25, 0.3) is 0 Å². The summed E-state index contributed by atoms with van der Waals surface area (Å²) in [4.78, 5) is 40.2. The number of carbonyl (C=O) groups excluding carboxylic acids is 3. The number of amides is 2. The maximum atomic E-state index is 12.6. The van der Waals surface area contributed by atoms with E-state index in [2.05, 4.69) is 0 Å². The topological polar surface area (TPSA) is 66.9 Å². The van der Waals surface area contributed by atoms with E-state index >= 15 is 0 Å². The van der Waals surface area contributed by atoms with Crippen molar-refractivity contribution in [3.8, 4) is 0 Å². The molecule has 1 saturated heterocycles. The van der Waals surface area contributed by atoms with Crippen LogP contribution in [-0.4, -0.2) is 42.9 Å². The highest BCUT2D eigenvalue weighted by Crippen LogP contribution is 2.26. The van der Waals surface area contributed by atoms with Gasteiger partial charge in [-0.2, -0.15) is 0 Å². The first-order chi connectivity index (χ1) is 13.5. The smallest absolute Gasteiger partial charge is 0.340 e. The van der Waals surface area contributed by atoms with Crippen molar-refractivity contribution in [2.75, 3.05) is 25.1 Å². The fourth-order valence-electron chi connectivity index (χ4n) is 3.26. The predicted octanol–water partition coefficient (Wildman–Crippen LogP) is 3.19. The van der Waals surface area contributed by atoms with Crippen LogP contribution in [0.3, 0.4) is 0 Å². The number of likely N-dealkylation sites (N-methyl/N-ethyl adjacent to an activating group) is 1. The number of esters is 1. The number of hydrogen-bond acceptors (Lipinski definition) is 4. The monoisotopic (exact) mass is 380 g/mol. The molecule has 0 bridgehead atoms. The number of carbonyl (C=O) groups is 3. The molecule has 6 heteroatoms. The van der Waals surface area contributed by atoms with Gasteiger partial charge < -0.3 is 14.5 Å². The average Bonchev–Trinajstić information content (AvgIpc) is 3.17. The standard InChI is InChI=1S/C22H24N2O4/c1-16(17-9-4-3-5-10-17)23(2)21(26)15-28-22(27)18-11-6-7-12-19(18)24-14-8-13-20(24)25/h3-7,9-12,16H,8,13-15H2,1-2H3/t16-/m1/s1. The van der Waals surface area contributed by atoms with Crippen LogP contribution < -0.4 is 4.90 Å². The van der Waals surface area contributed by atoms with Crippen LogP contribution in [0.15, 0.2) is 54.6 Å². The number of anilines is 1. The third-order valence-corrected chi connectivity index (χ3v) is 5.07. The summed E-state index contributed by atoms with van der Waals surface area (Å²) in [5.41, 5.74) is 1.83. The number of para-hydroxylation sites is 1. The van der Waals surface area contributed by atoms with Gasteiger partial charge in [0.2, 0.25) is 5.91 Å². The lowest BCUT2D eigenvalue weighted by Crippen LogP contribution is -2.33. The van der Waals surface area contributed by atoms with E-state index < -0.39 is 5.97 Å². The Labute approximate surface area is 164 Å². The second-order valence-electron chi connectivity index (χ2n) is 6.83. The molecule has 2 aromatic carbocycles. The Balaban J connectivity index is 1.64. The third kappa shape index (κ3) is 4.22. The Bertz CT molecular complexity index is 866. The Hall–Kier alpha value is -3.15. The minimum absolute atomic E-state index is 0.00672. The molecule has 1 atom stereocenters. The SMILES string of the molecule is C[C@H](c1ccccc1)N(C)C(=O)COC(=O)c1ccccc1N1CCCC1=O. The Kier molecular flexibility index (Phi) is 6.09. The first-order valence-corrected chi connectivity index (χ1v) is 9.36. The number of rotatable bonds is 6. The van der Waals surface area contributed by atoms with E-state index in [1.165, 1.54) is 0 Å². The van der Waals surface area contributed by atoms with Crippen molar-refractivity contribution in [2.24, 2.45) is 0 Å². The van der Waals surface area contributed by atoms with Crippen molar-refractivity contribution in [1.82, 2.24) is 4.90 Å². The first kappa shape index (κ1) is 19.6. The fraction of sp³-hybridized carbons (Fsp3) is 0.318. The average molecular weight is 380 g/mol. The molecule has 1 fully saturated rings. The Morgan fingerprint density at radius 2 is 1.79 bits per heavy atom. The van der Waals surface area contributed by atoms with Gasteiger partial charge in [-0.3, -0.25) is 9.59 Å². The summed E-state index contributed by atoms with van der Waals surface area (Å²) >= 11 is 0. The van der Waals surface area contributed by atoms with Crippen LogP contribution >= 0.6 is 0 Å². The lowest BCUT2D eigenvalue weighted by atomic mass is 10.1. The molecule has 0 aromatic heterocycles.